The van der Waals surface area contributed by atoms with Crippen molar-refractivity contribution in [2.45, 2.75) is 31.2 Å². The van der Waals surface area contributed by atoms with Gasteiger partial charge in [0.05, 0.1) is 12.6 Å². The Balaban J connectivity index is 1.47. The Bertz CT molecular complexity index is 1700. The second-order valence-electron chi connectivity index (χ2n) is 9.47. The fourth-order valence-corrected chi connectivity index (χ4v) is 5.46. The molecule has 1 fully saturated rings. The van der Waals surface area contributed by atoms with Gasteiger partial charge in [-0.2, -0.15) is 13.5 Å². The van der Waals surface area contributed by atoms with Crippen molar-refractivity contribution in [3.05, 3.63) is 53.6 Å². The van der Waals surface area contributed by atoms with Crippen molar-refractivity contribution in [1.29, 1.82) is 5.41 Å². The minimum absolute atomic E-state index is 0.0288. The molecule has 3 atom stereocenters. The monoisotopic (exact) mass is 679 g/mol. The summed E-state index contributed by atoms with van der Waals surface area (Å²) in [5, 5.41) is 31.9. The summed E-state index contributed by atoms with van der Waals surface area (Å²) in [7, 11) is -4.99. The molecule has 246 valence electrons. The Labute approximate surface area is 264 Å². The number of carbonyl (C=O) groups excluding carboxylic acids is 2. The molecule has 1 aliphatic rings. The normalized spacial score (nSPS) is 17.1. The highest BCUT2D eigenvalue weighted by molar-refractivity contribution is 7.84. The third kappa shape index (κ3) is 8.29. The van der Waals surface area contributed by atoms with Crippen LogP contribution < -0.4 is 26.8 Å². The topological polar surface area (TPSA) is 303 Å². The van der Waals surface area contributed by atoms with E-state index in [2.05, 4.69) is 30.9 Å². The number of rotatable bonds is 16. The fraction of sp³-hybridized carbons (Fsp3) is 0.333. The van der Waals surface area contributed by atoms with Gasteiger partial charge in [-0.05, 0) is 37.2 Å². The maximum absolute atomic E-state index is 13.3. The van der Waals surface area contributed by atoms with Crippen molar-refractivity contribution in [2.75, 3.05) is 25.4 Å². The highest BCUT2D eigenvalue weighted by atomic mass is 32.2. The van der Waals surface area contributed by atoms with Crippen LogP contribution in [0.3, 0.4) is 0 Å². The molecule has 0 bridgehead atoms. The summed E-state index contributed by atoms with van der Waals surface area (Å²) in [5.41, 5.74) is 11.0. The lowest BCUT2D eigenvalue weighted by Crippen LogP contribution is -2.73. The van der Waals surface area contributed by atoms with Gasteiger partial charge in [-0.15, -0.1) is 11.3 Å². The molecule has 2 amide bonds. The molecule has 0 radical (unpaired) electrons. The lowest BCUT2D eigenvalue weighted by molar-refractivity contribution is -0.152. The number of aromatic nitrogens is 4. The van der Waals surface area contributed by atoms with E-state index in [9.17, 15) is 32.5 Å². The van der Waals surface area contributed by atoms with Crippen LogP contribution in [0.1, 0.15) is 17.7 Å². The fourth-order valence-electron chi connectivity index (χ4n) is 4.04. The number of amides is 2. The number of ether oxygens (including phenoxy) is 1. The number of nitrogens with two attached hydrogens (primary N) is 2. The lowest BCUT2D eigenvalue weighted by atomic mass is 9.98. The number of amidine groups is 1. The quantitative estimate of drug-likeness (QED) is 0.0216. The predicted molar refractivity (Wildman–Crippen MR) is 160 cm³/mol. The first kappa shape index (κ1) is 33.7. The number of carboxylic acids is 1. The molecule has 0 saturated carbocycles. The van der Waals surface area contributed by atoms with Crippen molar-refractivity contribution in [2.24, 2.45) is 10.9 Å². The van der Waals surface area contributed by atoms with E-state index >= 15 is 0 Å². The maximum atomic E-state index is 13.3. The van der Waals surface area contributed by atoms with Crippen LogP contribution in [0.4, 0.5) is 5.13 Å². The van der Waals surface area contributed by atoms with E-state index in [-0.39, 0.29) is 33.3 Å². The van der Waals surface area contributed by atoms with E-state index in [1.54, 1.807) is 12.1 Å². The molecular formula is C24H29N11O9S2. The largest absolute Gasteiger partial charge is 0.489 e. The number of carboxylic acid groups (broad SMARTS) is 1. The number of nitrogens with zero attached hydrogens (tertiary/aromatic N) is 6. The van der Waals surface area contributed by atoms with E-state index in [1.807, 2.05) is 0 Å². The van der Waals surface area contributed by atoms with Gasteiger partial charge in [0, 0.05) is 17.5 Å². The molecule has 2 aromatic heterocycles. The molecule has 1 aromatic carbocycles. The molecular weight excluding hydrogens is 650 g/mol. The number of anilines is 1. The Morgan fingerprint density at radius 2 is 2.00 bits per heavy atom. The Hall–Kier alpha value is -5.19. The molecule has 0 spiro atoms. The number of thiazole rings is 1. The third-order valence-corrected chi connectivity index (χ3v) is 7.92. The summed E-state index contributed by atoms with van der Waals surface area (Å²) in [5.74, 6) is -3.30. The van der Waals surface area contributed by atoms with Crippen LogP contribution in [-0.2, 0) is 36.1 Å². The van der Waals surface area contributed by atoms with Crippen LogP contribution in [0.25, 0.3) is 0 Å². The number of nitrogen functional groups attached to an aromatic ring is 1. The van der Waals surface area contributed by atoms with Crippen molar-refractivity contribution < 1.29 is 42.0 Å². The van der Waals surface area contributed by atoms with Gasteiger partial charge in [0.1, 0.15) is 42.6 Å². The van der Waals surface area contributed by atoms with Crippen LogP contribution in [-0.4, -0.2) is 109 Å². The first-order chi connectivity index (χ1) is 21.9. The van der Waals surface area contributed by atoms with Gasteiger partial charge < -0.3 is 36.8 Å². The summed E-state index contributed by atoms with van der Waals surface area (Å²) >= 11 is 0.931. The SMILES string of the molecule is N=C(NCCCN)c1ccc(OCC(O/N=C(\C(=O)N[C@@H]2C(=O)N(S(=O)(=O)O)[C@@H]2Cn2cncn2)c2csc(N)n2)C(=O)O)cc1. The van der Waals surface area contributed by atoms with E-state index in [0.717, 1.165) is 17.7 Å². The van der Waals surface area contributed by atoms with Gasteiger partial charge in [-0.1, -0.05) is 5.16 Å². The number of β-lactam (4-membered cyclic amide) rings is 1. The van der Waals surface area contributed by atoms with E-state index < -0.39 is 58.6 Å². The van der Waals surface area contributed by atoms with Gasteiger partial charge in [0.15, 0.2) is 10.8 Å². The molecule has 1 aliphatic heterocycles. The molecule has 3 heterocycles. The number of hydrogen-bond donors (Lipinski definition) is 7. The first-order valence-corrected chi connectivity index (χ1v) is 15.5. The van der Waals surface area contributed by atoms with E-state index in [1.165, 1.54) is 28.5 Å². The molecule has 4 rings (SSSR count). The average Bonchev–Trinajstić information content (AvgIpc) is 3.68. The first-order valence-electron chi connectivity index (χ1n) is 13.3. The van der Waals surface area contributed by atoms with Crippen molar-refractivity contribution in [1.82, 2.24) is 34.7 Å². The van der Waals surface area contributed by atoms with Gasteiger partial charge in [0.25, 0.3) is 17.9 Å². The number of hydrogen-bond acceptors (Lipinski definition) is 15. The average molecular weight is 680 g/mol. The summed E-state index contributed by atoms with van der Waals surface area (Å²) < 4.78 is 40.0. The van der Waals surface area contributed by atoms with Gasteiger partial charge in [-0.3, -0.25) is 24.2 Å². The highest BCUT2D eigenvalue weighted by Crippen LogP contribution is 2.25. The standard InChI is InChI=1S/C24H29N11O9S2/c25-6-1-7-29-20(26)13-2-4-14(5-3-13)43-9-17(23(38)39)44-33-18(15-10-45-24(27)31-15)21(36)32-19-16(8-34-12-28-11-30-34)35(22(19)37)46(40,41)42/h2-5,10-12,16-17,19H,1,6-9,25H2,(H2,26,29)(H2,27,31)(H,32,36)(H,38,39)(H,40,41,42)/b33-18-/t16-,17?,19+/m1/s1. The molecule has 0 aliphatic carbocycles. The van der Waals surface area contributed by atoms with E-state index in [4.69, 9.17) is 26.5 Å². The maximum Gasteiger partial charge on any atom is 0.362 e. The smallest absolute Gasteiger partial charge is 0.362 e. The Kier molecular flexibility index (Phi) is 10.8. The molecule has 22 heteroatoms. The number of benzene rings is 1. The third-order valence-electron chi connectivity index (χ3n) is 6.30. The minimum Gasteiger partial charge on any atom is -0.489 e. The molecule has 1 unspecified atom stereocenters. The van der Waals surface area contributed by atoms with Gasteiger partial charge in [0.2, 0.25) is 0 Å². The van der Waals surface area contributed by atoms with Crippen molar-refractivity contribution in [3.8, 4) is 5.75 Å². The highest BCUT2D eigenvalue weighted by Gasteiger charge is 2.54. The summed E-state index contributed by atoms with van der Waals surface area (Å²) in [6, 6.07) is 3.46. The number of nitrogens with one attached hydrogen (secondary N) is 3. The lowest BCUT2D eigenvalue weighted by Gasteiger charge is -2.43. The number of carbonyl (C=O) groups is 3. The molecule has 46 heavy (non-hydrogen) atoms. The molecule has 9 N–H and O–H groups in total. The van der Waals surface area contributed by atoms with E-state index in [0.29, 0.717) is 25.1 Å². The summed E-state index contributed by atoms with van der Waals surface area (Å²) in [6.45, 7) is 0.190. The molecule has 20 nitrogen and oxygen atoms in total. The minimum atomic E-state index is -4.99. The molecule has 1 saturated heterocycles. The Morgan fingerprint density at radius 1 is 1.26 bits per heavy atom. The zero-order valence-electron chi connectivity index (χ0n) is 23.7. The second-order valence-corrected chi connectivity index (χ2v) is 11.6. The predicted octanol–water partition coefficient (Wildman–Crippen LogP) is -1.97. The van der Waals surface area contributed by atoms with Crippen LogP contribution in [0.15, 0.2) is 47.5 Å². The van der Waals surface area contributed by atoms with Crippen LogP contribution in [0.5, 0.6) is 5.75 Å². The molecule has 3 aromatic rings. The summed E-state index contributed by atoms with van der Waals surface area (Å²) in [6.07, 6.45) is 1.36. The zero-order valence-corrected chi connectivity index (χ0v) is 25.3. The number of aliphatic carboxylic acids is 1. The van der Waals surface area contributed by atoms with Crippen molar-refractivity contribution >= 4 is 56.1 Å². The van der Waals surface area contributed by atoms with Crippen LogP contribution >= 0.6 is 11.3 Å². The summed E-state index contributed by atoms with van der Waals surface area (Å²) in [4.78, 5) is 50.7. The van der Waals surface area contributed by atoms with Gasteiger partial charge >= 0.3 is 16.3 Å². The van der Waals surface area contributed by atoms with Crippen LogP contribution in [0, 0.1) is 5.41 Å². The second kappa shape index (κ2) is 14.7. The van der Waals surface area contributed by atoms with Crippen LogP contribution in [0.2, 0.25) is 0 Å². The van der Waals surface area contributed by atoms with Crippen molar-refractivity contribution in [3.63, 3.8) is 0 Å². The number of oxime groups is 1. The van der Waals surface area contributed by atoms with Gasteiger partial charge in [-0.25, -0.2) is 19.1 Å². The zero-order chi connectivity index (χ0) is 33.4. The Morgan fingerprint density at radius 3 is 2.59 bits per heavy atom.